The Kier molecular flexibility index (Phi) is 6.11. The summed E-state index contributed by atoms with van der Waals surface area (Å²) < 4.78 is 12.9. The van der Waals surface area contributed by atoms with Gasteiger partial charge in [-0.3, -0.25) is 9.59 Å². The monoisotopic (exact) mass is 281 g/mol. The van der Waals surface area contributed by atoms with Crippen LogP contribution in [-0.4, -0.2) is 24.9 Å². The molecule has 0 aliphatic rings. The van der Waals surface area contributed by atoms with Gasteiger partial charge >= 0.3 is 0 Å². The lowest BCUT2D eigenvalue weighted by atomic mass is 9.96. The second-order valence-electron chi connectivity index (χ2n) is 4.82. The first-order valence-electron chi connectivity index (χ1n) is 6.45. The predicted molar refractivity (Wildman–Crippen MR) is 74.2 cm³/mol. The average Bonchev–Trinajstić information content (AvgIpc) is 2.43. The zero-order valence-electron chi connectivity index (χ0n) is 11.7. The molecule has 2 amide bonds. The third-order valence-corrected chi connectivity index (χ3v) is 2.84. The number of carbonyl (C=O) groups is 2. The molecule has 0 fully saturated rings. The van der Waals surface area contributed by atoms with Gasteiger partial charge in [0.25, 0.3) is 0 Å². The summed E-state index contributed by atoms with van der Waals surface area (Å²) in [4.78, 5) is 22.8. The Hall–Kier alpha value is -1.95. The first-order valence-corrected chi connectivity index (χ1v) is 6.45. The van der Waals surface area contributed by atoms with Crippen molar-refractivity contribution in [3.05, 3.63) is 35.6 Å². The van der Waals surface area contributed by atoms with Crippen molar-refractivity contribution in [3.63, 3.8) is 0 Å². The summed E-state index contributed by atoms with van der Waals surface area (Å²) in [5.41, 5.74) is 5.95. The smallest absolute Gasteiger partial charge is 0.239 e. The highest BCUT2D eigenvalue weighted by atomic mass is 19.1. The standard InChI is InChI=1S/C14H20FN3O2/c1-9(2)14(10-3-5-11(15)6-4-10)18-13(20)8-17-12(19)7-16/h3-6,9,14H,7-8,16H2,1-2H3,(H,17,19)(H,18,20). The maximum atomic E-state index is 12.9. The van der Waals surface area contributed by atoms with E-state index in [0.29, 0.717) is 0 Å². The van der Waals surface area contributed by atoms with Crippen LogP contribution in [0.5, 0.6) is 0 Å². The summed E-state index contributed by atoms with van der Waals surface area (Å²) in [5, 5.41) is 5.22. The maximum Gasteiger partial charge on any atom is 0.239 e. The summed E-state index contributed by atoms with van der Waals surface area (Å²) in [6.07, 6.45) is 0. The van der Waals surface area contributed by atoms with Crippen molar-refractivity contribution >= 4 is 11.8 Å². The molecule has 4 N–H and O–H groups in total. The number of amides is 2. The molecule has 0 bridgehead atoms. The first-order chi connectivity index (χ1) is 9.43. The minimum absolute atomic E-state index is 0.125. The van der Waals surface area contributed by atoms with Gasteiger partial charge in [-0.2, -0.15) is 0 Å². The first kappa shape index (κ1) is 16.1. The number of hydrogen-bond acceptors (Lipinski definition) is 3. The fourth-order valence-corrected chi connectivity index (χ4v) is 1.78. The van der Waals surface area contributed by atoms with Crippen LogP contribution in [0.4, 0.5) is 4.39 Å². The van der Waals surface area contributed by atoms with Gasteiger partial charge in [-0.15, -0.1) is 0 Å². The van der Waals surface area contributed by atoms with Crippen LogP contribution in [-0.2, 0) is 9.59 Å². The Morgan fingerprint density at radius 2 is 1.80 bits per heavy atom. The number of benzene rings is 1. The molecule has 1 aromatic carbocycles. The molecule has 0 aromatic heterocycles. The number of carbonyl (C=O) groups excluding carboxylic acids is 2. The van der Waals surface area contributed by atoms with E-state index in [2.05, 4.69) is 10.6 Å². The molecule has 5 nitrogen and oxygen atoms in total. The van der Waals surface area contributed by atoms with Crippen molar-refractivity contribution < 1.29 is 14.0 Å². The minimum atomic E-state index is -0.386. The van der Waals surface area contributed by atoms with E-state index in [9.17, 15) is 14.0 Å². The molecule has 0 aliphatic heterocycles. The second kappa shape index (κ2) is 7.59. The van der Waals surface area contributed by atoms with E-state index < -0.39 is 0 Å². The molecule has 0 saturated heterocycles. The molecule has 0 spiro atoms. The Morgan fingerprint density at radius 3 is 2.30 bits per heavy atom. The summed E-state index contributed by atoms with van der Waals surface area (Å²) >= 11 is 0. The Labute approximate surface area is 117 Å². The zero-order valence-corrected chi connectivity index (χ0v) is 11.7. The molecule has 6 heteroatoms. The predicted octanol–water partition coefficient (Wildman–Crippen LogP) is 0.714. The molecule has 1 atom stereocenters. The van der Waals surface area contributed by atoms with Gasteiger partial charge in [0.15, 0.2) is 0 Å². The normalized spacial score (nSPS) is 12.1. The second-order valence-corrected chi connectivity index (χ2v) is 4.82. The molecular formula is C14H20FN3O2. The van der Waals surface area contributed by atoms with E-state index in [1.54, 1.807) is 12.1 Å². The Balaban J connectivity index is 2.66. The number of nitrogens with two attached hydrogens (primary N) is 1. The lowest BCUT2D eigenvalue weighted by Gasteiger charge is -2.23. The van der Waals surface area contributed by atoms with Crippen LogP contribution in [0.1, 0.15) is 25.5 Å². The van der Waals surface area contributed by atoms with Gasteiger partial charge in [0.2, 0.25) is 11.8 Å². The van der Waals surface area contributed by atoms with E-state index in [-0.39, 0.29) is 42.7 Å². The lowest BCUT2D eigenvalue weighted by molar-refractivity contribution is -0.126. The molecule has 0 radical (unpaired) electrons. The molecule has 0 saturated carbocycles. The fourth-order valence-electron chi connectivity index (χ4n) is 1.78. The molecule has 0 aliphatic carbocycles. The van der Waals surface area contributed by atoms with Gasteiger partial charge in [-0.05, 0) is 23.6 Å². The maximum absolute atomic E-state index is 12.9. The number of hydrogen-bond donors (Lipinski definition) is 3. The fraction of sp³-hybridized carbons (Fsp3) is 0.429. The van der Waals surface area contributed by atoms with Crippen molar-refractivity contribution in [3.8, 4) is 0 Å². The van der Waals surface area contributed by atoms with Crippen molar-refractivity contribution in [1.29, 1.82) is 0 Å². The SMILES string of the molecule is CC(C)C(NC(=O)CNC(=O)CN)c1ccc(F)cc1. The molecule has 0 heterocycles. The van der Waals surface area contributed by atoms with E-state index in [1.807, 2.05) is 13.8 Å². The molecule has 1 unspecified atom stereocenters. The van der Waals surface area contributed by atoms with E-state index in [1.165, 1.54) is 12.1 Å². The third-order valence-electron chi connectivity index (χ3n) is 2.84. The van der Waals surface area contributed by atoms with Crippen LogP contribution in [0, 0.1) is 11.7 Å². The van der Waals surface area contributed by atoms with Gasteiger partial charge in [-0.1, -0.05) is 26.0 Å². The van der Waals surface area contributed by atoms with Crippen molar-refractivity contribution in [2.24, 2.45) is 11.7 Å². The van der Waals surface area contributed by atoms with Crippen LogP contribution in [0.25, 0.3) is 0 Å². The largest absolute Gasteiger partial charge is 0.348 e. The summed E-state index contributed by atoms with van der Waals surface area (Å²) in [7, 11) is 0. The highest BCUT2D eigenvalue weighted by Crippen LogP contribution is 2.21. The van der Waals surface area contributed by atoms with Crippen LogP contribution in [0.3, 0.4) is 0 Å². The zero-order chi connectivity index (χ0) is 15.1. The summed E-state index contributed by atoms with van der Waals surface area (Å²) in [5.74, 6) is -0.884. The van der Waals surface area contributed by atoms with Crippen molar-refractivity contribution in [1.82, 2.24) is 10.6 Å². The topological polar surface area (TPSA) is 84.2 Å². The number of nitrogens with one attached hydrogen (secondary N) is 2. The van der Waals surface area contributed by atoms with E-state index in [0.717, 1.165) is 5.56 Å². The van der Waals surface area contributed by atoms with Crippen molar-refractivity contribution in [2.45, 2.75) is 19.9 Å². The van der Waals surface area contributed by atoms with E-state index >= 15 is 0 Å². The van der Waals surface area contributed by atoms with Crippen molar-refractivity contribution in [2.75, 3.05) is 13.1 Å². The van der Waals surface area contributed by atoms with Crippen LogP contribution >= 0.6 is 0 Å². The van der Waals surface area contributed by atoms with Crippen LogP contribution < -0.4 is 16.4 Å². The van der Waals surface area contributed by atoms with Gasteiger partial charge in [0.05, 0.1) is 19.1 Å². The quantitative estimate of drug-likeness (QED) is 0.718. The molecule has 1 rings (SSSR count). The number of rotatable bonds is 6. The van der Waals surface area contributed by atoms with Crippen LogP contribution in [0.2, 0.25) is 0 Å². The molecular weight excluding hydrogens is 261 g/mol. The van der Waals surface area contributed by atoms with Crippen LogP contribution in [0.15, 0.2) is 24.3 Å². The molecule has 110 valence electrons. The minimum Gasteiger partial charge on any atom is -0.348 e. The number of halogens is 1. The average molecular weight is 281 g/mol. The Morgan fingerprint density at radius 1 is 1.20 bits per heavy atom. The van der Waals surface area contributed by atoms with Gasteiger partial charge in [0.1, 0.15) is 5.82 Å². The highest BCUT2D eigenvalue weighted by molar-refractivity contribution is 5.85. The summed E-state index contributed by atoms with van der Waals surface area (Å²) in [6, 6.07) is 5.75. The highest BCUT2D eigenvalue weighted by Gasteiger charge is 2.18. The van der Waals surface area contributed by atoms with Gasteiger partial charge < -0.3 is 16.4 Å². The van der Waals surface area contributed by atoms with Gasteiger partial charge in [0, 0.05) is 0 Å². The molecule has 20 heavy (non-hydrogen) atoms. The Bertz CT molecular complexity index is 460. The summed E-state index contributed by atoms with van der Waals surface area (Å²) in [6.45, 7) is 3.62. The van der Waals surface area contributed by atoms with E-state index in [4.69, 9.17) is 5.73 Å². The lowest BCUT2D eigenvalue weighted by Crippen LogP contribution is -2.41. The molecule has 1 aromatic rings. The third kappa shape index (κ3) is 4.97. The van der Waals surface area contributed by atoms with Gasteiger partial charge in [-0.25, -0.2) is 4.39 Å².